The molecular weight excluding hydrogens is 269 g/mol. The molecule has 1 aliphatic carbocycles. The van der Waals surface area contributed by atoms with Crippen LogP contribution < -0.4 is 0 Å². The first kappa shape index (κ1) is 13.7. The smallest absolute Gasteiger partial charge is 0.0976 e. The molecule has 2 rings (SSSR count). The van der Waals surface area contributed by atoms with Crippen LogP contribution in [0.25, 0.3) is 0 Å². The molecular formula is C14H15Cl2NO. The monoisotopic (exact) mass is 283 g/mol. The number of halogens is 2. The molecule has 1 atom stereocenters. The summed E-state index contributed by atoms with van der Waals surface area (Å²) < 4.78 is 0. The SMILES string of the molecule is N#CC1(C(O)c2ccc(Cl)c(Cl)c2)CCCCC1. The molecule has 0 aromatic heterocycles. The van der Waals surface area contributed by atoms with Gasteiger partial charge in [-0.2, -0.15) is 5.26 Å². The third-order valence-corrected chi connectivity index (χ3v) is 4.49. The maximum absolute atomic E-state index is 10.5. The van der Waals surface area contributed by atoms with Gasteiger partial charge in [-0.25, -0.2) is 0 Å². The fraction of sp³-hybridized carbons (Fsp3) is 0.500. The van der Waals surface area contributed by atoms with Gasteiger partial charge >= 0.3 is 0 Å². The average molecular weight is 284 g/mol. The molecule has 1 aromatic rings. The molecule has 0 amide bonds. The van der Waals surface area contributed by atoms with E-state index in [1.165, 1.54) is 0 Å². The number of aliphatic hydroxyl groups is 1. The maximum Gasteiger partial charge on any atom is 0.0976 e. The zero-order chi connectivity index (χ0) is 13.2. The van der Waals surface area contributed by atoms with Crippen molar-refractivity contribution in [1.82, 2.24) is 0 Å². The van der Waals surface area contributed by atoms with Crippen molar-refractivity contribution in [2.24, 2.45) is 5.41 Å². The molecule has 1 unspecified atom stereocenters. The highest BCUT2D eigenvalue weighted by atomic mass is 35.5. The summed E-state index contributed by atoms with van der Waals surface area (Å²) in [6.45, 7) is 0. The van der Waals surface area contributed by atoms with Crippen LogP contribution in [-0.4, -0.2) is 5.11 Å². The summed E-state index contributed by atoms with van der Waals surface area (Å²) in [6.07, 6.45) is 3.81. The van der Waals surface area contributed by atoms with E-state index in [0.29, 0.717) is 15.6 Å². The zero-order valence-corrected chi connectivity index (χ0v) is 11.5. The number of nitrogens with zero attached hydrogens (tertiary/aromatic N) is 1. The van der Waals surface area contributed by atoms with Crippen LogP contribution in [0.1, 0.15) is 43.8 Å². The molecule has 0 radical (unpaired) electrons. The quantitative estimate of drug-likeness (QED) is 0.868. The van der Waals surface area contributed by atoms with Crippen molar-refractivity contribution in [1.29, 1.82) is 5.26 Å². The Labute approximate surface area is 117 Å². The topological polar surface area (TPSA) is 44.0 Å². The summed E-state index contributed by atoms with van der Waals surface area (Å²) in [5.74, 6) is 0. The van der Waals surface area contributed by atoms with Crippen LogP contribution in [0.3, 0.4) is 0 Å². The normalized spacial score (nSPS) is 20.1. The van der Waals surface area contributed by atoms with E-state index in [4.69, 9.17) is 23.2 Å². The third kappa shape index (κ3) is 2.49. The van der Waals surface area contributed by atoms with Gasteiger partial charge < -0.3 is 5.11 Å². The minimum atomic E-state index is -0.794. The highest BCUT2D eigenvalue weighted by Gasteiger charge is 2.40. The number of benzene rings is 1. The lowest BCUT2D eigenvalue weighted by Gasteiger charge is -2.35. The van der Waals surface area contributed by atoms with E-state index in [1.54, 1.807) is 18.2 Å². The fourth-order valence-corrected chi connectivity index (χ4v) is 2.94. The Morgan fingerprint density at radius 1 is 1.17 bits per heavy atom. The van der Waals surface area contributed by atoms with Crippen LogP contribution in [0.15, 0.2) is 18.2 Å². The molecule has 18 heavy (non-hydrogen) atoms. The number of hydrogen-bond acceptors (Lipinski definition) is 2. The number of aliphatic hydroxyl groups excluding tert-OH is 1. The Morgan fingerprint density at radius 3 is 2.39 bits per heavy atom. The fourth-order valence-electron chi connectivity index (χ4n) is 2.63. The van der Waals surface area contributed by atoms with E-state index in [0.717, 1.165) is 32.1 Å². The second-order valence-corrected chi connectivity index (χ2v) is 5.72. The Kier molecular flexibility index (Phi) is 4.17. The largest absolute Gasteiger partial charge is 0.387 e. The van der Waals surface area contributed by atoms with Gasteiger partial charge in [0.2, 0.25) is 0 Å². The van der Waals surface area contributed by atoms with Gasteiger partial charge in [-0.1, -0.05) is 48.5 Å². The highest BCUT2D eigenvalue weighted by Crippen LogP contribution is 2.46. The van der Waals surface area contributed by atoms with Gasteiger partial charge in [0, 0.05) is 0 Å². The predicted octanol–water partition coefficient (Wildman–Crippen LogP) is 4.50. The lowest BCUT2D eigenvalue weighted by molar-refractivity contribution is 0.0360. The summed E-state index contributed by atoms with van der Waals surface area (Å²) >= 11 is 11.8. The highest BCUT2D eigenvalue weighted by molar-refractivity contribution is 6.42. The van der Waals surface area contributed by atoms with E-state index in [-0.39, 0.29) is 0 Å². The van der Waals surface area contributed by atoms with Gasteiger partial charge in [-0.3, -0.25) is 0 Å². The van der Waals surface area contributed by atoms with E-state index in [9.17, 15) is 10.4 Å². The van der Waals surface area contributed by atoms with Crippen LogP contribution in [0, 0.1) is 16.7 Å². The van der Waals surface area contributed by atoms with Crippen LogP contribution in [0.5, 0.6) is 0 Å². The Morgan fingerprint density at radius 2 is 1.83 bits per heavy atom. The summed E-state index contributed by atoms with van der Waals surface area (Å²) in [4.78, 5) is 0. The van der Waals surface area contributed by atoms with E-state index in [1.807, 2.05) is 0 Å². The van der Waals surface area contributed by atoms with E-state index < -0.39 is 11.5 Å². The predicted molar refractivity (Wildman–Crippen MR) is 72.6 cm³/mol. The van der Waals surface area contributed by atoms with Gasteiger partial charge in [-0.15, -0.1) is 0 Å². The van der Waals surface area contributed by atoms with Gasteiger partial charge in [0.05, 0.1) is 27.6 Å². The zero-order valence-electron chi connectivity index (χ0n) is 10.00. The summed E-state index contributed by atoms with van der Waals surface area (Å²) in [5.41, 5.74) is 0.00271. The van der Waals surface area contributed by atoms with Crippen molar-refractivity contribution in [3.05, 3.63) is 33.8 Å². The lowest BCUT2D eigenvalue weighted by atomic mass is 9.69. The van der Waals surface area contributed by atoms with Crippen LogP contribution in [-0.2, 0) is 0 Å². The molecule has 0 bridgehead atoms. The molecule has 4 heteroatoms. The van der Waals surface area contributed by atoms with Crippen molar-refractivity contribution in [3.8, 4) is 6.07 Å². The van der Waals surface area contributed by atoms with Crippen molar-refractivity contribution in [2.45, 2.75) is 38.2 Å². The Bertz CT molecular complexity index is 475. The molecule has 1 N–H and O–H groups in total. The minimum Gasteiger partial charge on any atom is -0.387 e. The molecule has 0 aliphatic heterocycles. The lowest BCUT2D eigenvalue weighted by Crippen LogP contribution is -2.30. The van der Waals surface area contributed by atoms with Gasteiger partial charge in [0.25, 0.3) is 0 Å². The standard InChI is InChI=1S/C14H15Cl2NO/c15-11-5-4-10(8-12(11)16)13(18)14(9-17)6-2-1-3-7-14/h4-5,8,13,18H,1-3,6-7H2. The molecule has 1 fully saturated rings. The molecule has 0 saturated heterocycles. The first-order chi connectivity index (χ1) is 8.59. The number of rotatable bonds is 2. The van der Waals surface area contributed by atoms with Gasteiger partial charge in [0.1, 0.15) is 0 Å². The number of hydrogen-bond donors (Lipinski definition) is 1. The summed E-state index contributed by atoms with van der Waals surface area (Å²) in [6, 6.07) is 7.38. The first-order valence-electron chi connectivity index (χ1n) is 6.13. The molecule has 96 valence electrons. The molecule has 1 aliphatic rings. The van der Waals surface area contributed by atoms with Crippen molar-refractivity contribution < 1.29 is 5.11 Å². The second-order valence-electron chi connectivity index (χ2n) is 4.90. The Balaban J connectivity index is 2.31. The number of nitriles is 1. The van der Waals surface area contributed by atoms with Gasteiger partial charge in [0.15, 0.2) is 0 Å². The van der Waals surface area contributed by atoms with Crippen LogP contribution in [0.4, 0.5) is 0 Å². The average Bonchev–Trinajstić information content (AvgIpc) is 2.42. The summed E-state index contributed by atoms with van der Waals surface area (Å²) in [7, 11) is 0. The first-order valence-corrected chi connectivity index (χ1v) is 6.89. The maximum atomic E-state index is 10.5. The van der Waals surface area contributed by atoms with Crippen LogP contribution >= 0.6 is 23.2 Å². The van der Waals surface area contributed by atoms with Crippen LogP contribution in [0.2, 0.25) is 10.0 Å². The molecule has 2 nitrogen and oxygen atoms in total. The summed E-state index contributed by atoms with van der Waals surface area (Å²) in [5, 5.41) is 20.8. The molecule has 0 heterocycles. The van der Waals surface area contributed by atoms with E-state index >= 15 is 0 Å². The van der Waals surface area contributed by atoms with Crippen molar-refractivity contribution >= 4 is 23.2 Å². The van der Waals surface area contributed by atoms with E-state index in [2.05, 4.69) is 6.07 Å². The molecule has 1 saturated carbocycles. The third-order valence-electron chi connectivity index (χ3n) is 3.75. The minimum absolute atomic E-state index is 0.414. The van der Waals surface area contributed by atoms with Crippen molar-refractivity contribution in [3.63, 3.8) is 0 Å². The Hall–Kier alpha value is -0.750. The van der Waals surface area contributed by atoms with Crippen molar-refractivity contribution in [2.75, 3.05) is 0 Å². The molecule has 0 spiro atoms. The van der Waals surface area contributed by atoms with Gasteiger partial charge in [-0.05, 0) is 30.5 Å². The molecule has 1 aromatic carbocycles. The second kappa shape index (κ2) is 5.48.